The van der Waals surface area contributed by atoms with E-state index >= 15 is 0 Å². The van der Waals surface area contributed by atoms with Crippen molar-refractivity contribution in [2.24, 2.45) is 0 Å². The minimum Gasteiger partial charge on any atom is -0.388 e. The van der Waals surface area contributed by atoms with E-state index in [1.807, 2.05) is 0 Å². The Balaban J connectivity index is 2.25. The normalized spacial score (nSPS) is 13.8. The second-order valence-corrected chi connectivity index (χ2v) is 9.27. The van der Waals surface area contributed by atoms with E-state index in [0.717, 1.165) is 0 Å². The molecule has 0 radical (unpaired) electrons. The van der Waals surface area contributed by atoms with Gasteiger partial charge in [-0.15, -0.1) is 0 Å². The molecule has 0 aromatic heterocycles. The number of benzene rings is 2. The van der Waals surface area contributed by atoms with Crippen molar-refractivity contribution in [2.75, 3.05) is 0 Å². The van der Waals surface area contributed by atoms with Gasteiger partial charge in [-0.2, -0.15) is 0 Å². The van der Waals surface area contributed by atoms with Crippen LogP contribution in [0.4, 0.5) is 0 Å². The summed E-state index contributed by atoms with van der Waals surface area (Å²) in [5, 5.41) is 10.7. The minimum absolute atomic E-state index is 0.00306. The fourth-order valence-corrected chi connectivity index (χ4v) is 4.10. The first-order chi connectivity index (χ1) is 10.2. The lowest BCUT2D eigenvalue weighted by Gasteiger charge is -2.23. The number of aliphatic hydroxyl groups excluding tert-OH is 1. The lowest BCUT2D eigenvalue weighted by Crippen LogP contribution is -2.28. The molecule has 1 unspecified atom stereocenters. The first-order valence-electron chi connectivity index (χ1n) is 6.35. The van der Waals surface area contributed by atoms with Gasteiger partial charge in [-0.1, -0.05) is 65.1 Å². The van der Waals surface area contributed by atoms with E-state index in [9.17, 15) is 13.5 Å². The summed E-state index contributed by atoms with van der Waals surface area (Å²) < 4.78 is 22.8. The van der Waals surface area contributed by atoms with Crippen LogP contribution in [0.1, 0.15) is 18.1 Å². The lowest BCUT2D eigenvalue weighted by atomic mass is 10.1. The van der Waals surface area contributed by atoms with Crippen LogP contribution in [0, 0.1) is 0 Å². The van der Waals surface area contributed by atoms with Gasteiger partial charge in [0.05, 0.1) is 11.0 Å². The van der Waals surface area contributed by atoms with Gasteiger partial charge in [0.15, 0.2) is 0 Å². The van der Waals surface area contributed by atoms with Crippen molar-refractivity contribution in [3.63, 3.8) is 0 Å². The van der Waals surface area contributed by atoms with Gasteiger partial charge in [-0.3, -0.25) is 0 Å². The molecule has 0 aliphatic rings. The Kier molecular flexibility index (Phi) is 5.41. The highest BCUT2D eigenvalue weighted by Gasteiger charge is 2.43. The van der Waals surface area contributed by atoms with Crippen LogP contribution in [0.25, 0.3) is 0 Å². The quantitative estimate of drug-likeness (QED) is 0.785. The number of halogens is 3. The Morgan fingerprint density at radius 2 is 1.55 bits per heavy atom. The van der Waals surface area contributed by atoms with Crippen LogP contribution < -0.4 is 0 Å². The topological polar surface area (TPSA) is 54.4 Å². The number of rotatable bonds is 5. The Bertz CT molecular complexity index is 728. The Morgan fingerprint density at radius 3 is 2.09 bits per heavy atom. The average Bonchev–Trinajstić information content (AvgIpc) is 2.48. The largest absolute Gasteiger partial charge is 0.388 e. The van der Waals surface area contributed by atoms with Crippen LogP contribution in [0.5, 0.6) is 0 Å². The minimum atomic E-state index is -4.00. The molecule has 0 saturated carbocycles. The monoisotopic (exact) mass is 378 g/mol. The summed E-state index contributed by atoms with van der Waals surface area (Å²) >= 11 is 17.8. The Labute approximate surface area is 144 Å². The van der Waals surface area contributed by atoms with Crippen molar-refractivity contribution in [1.29, 1.82) is 0 Å². The van der Waals surface area contributed by atoms with Gasteiger partial charge in [-0.05, 0) is 29.8 Å². The second-order valence-electron chi connectivity index (χ2n) is 4.73. The predicted octanol–water partition coefficient (Wildman–Crippen LogP) is 4.37. The number of alkyl halides is 2. The van der Waals surface area contributed by atoms with Crippen molar-refractivity contribution in [3.05, 3.63) is 65.2 Å². The molecule has 22 heavy (non-hydrogen) atoms. The van der Waals surface area contributed by atoms with E-state index in [4.69, 9.17) is 34.8 Å². The lowest BCUT2D eigenvalue weighted by molar-refractivity contribution is 0.168. The summed E-state index contributed by atoms with van der Waals surface area (Å²) in [6.45, 7) is 0. The van der Waals surface area contributed by atoms with E-state index in [-0.39, 0.29) is 11.3 Å². The molecule has 0 amide bonds. The molecule has 0 aliphatic carbocycles. The predicted molar refractivity (Wildman–Crippen MR) is 89.1 cm³/mol. The van der Waals surface area contributed by atoms with Crippen molar-refractivity contribution in [3.8, 4) is 0 Å². The fraction of sp³-hybridized carbons (Fsp3) is 0.200. The standard InChI is InChI=1S/C15H13Cl3O3S/c16-12-8-6-11(7-9-12)14(19)10-15(17,18)22(20,21)13-4-2-1-3-5-13/h1-9,14,19H,10H2. The molecule has 2 aromatic rings. The molecular formula is C15H13Cl3O3S. The molecule has 0 saturated heterocycles. The van der Waals surface area contributed by atoms with Gasteiger partial charge in [-0.25, -0.2) is 8.42 Å². The number of aliphatic hydroxyl groups is 1. The van der Waals surface area contributed by atoms with Gasteiger partial charge in [0.2, 0.25) is 13.5 Å². The number of hydrogen-bond donors (Lipinski definition) is 1. The summed E-state index contributed by atoms with van der Waals surface area (Å²) in [7, 11) is -4.00. The van der Waals surface area contributed by atoms with E-state index in [0.29, 0.717) is 10.6 Å². The van der Waals surface area contributed by atoms with Crippen LogP contribution in [0.3, 0.4) is 0 Å². The number of hydrogen-bond acceptors (Lipinski definition) is 3. The Morgan fingerprint density at radius 1 is 1.00 bits per heavy atom. The number of sulfone groups is 1. The van der Waals surface area contributed by atoms with Crippen LogP contribution >= 0.6 is 34.8 Å². The van der Waals surface area contributed by atoms with Crippen molar-refractivity contribution >= 4 is 44.6 Å². The second kappa shape index (κ2) is 6.77. The molecule has 2 aromatic carbocycles. The summed E-state index contributed by atoms with van der Waals surface area (Å²) in [4.78, 5) is 0.00306. The zero-order valence-corrected chi connectivity index (χ0v) is 14.4. The van der Waals surface area contributed by atoms with E-state index < -0.39 is 19.6 Å². The highest BCUT2D eigenvalue weighted by atomic mass is 35.5. The molecule has 1 N–H and O–H groups in total. The van der Waals surface area contributed by atoms with Gasteiger partial charge >= 0.3 is 0 Å². The molecule has 0 aliphatic heterocycles. The zero-order chi connectivity index (χ0) is 16.4. The molecule has 0 heterocycles. The first kappa shape index (κ1) is 17.6. The van der Waals surface area contributed by atoms with Gasteiger partial charge in [0.25, 0.3) is 0 Å². The maximum absolute atomic E-state index is 12.5. The van der Waals surface area contributed by atoms with Crippen LogP contribution in [-0.4, -0.2) is 17.2 Å². The maximum atomic E-state index is 12.5. The van der Waals surface area contributed by atoms with Gasteiger partial charge in [0.1, 0.15) is 0 Å². The van der Waals surface area contributed by atoms with Crippen molar-refractivity contribution in [2.45, 2.75) is 21.1 Å². The average molecular weight is 380 g/mol. The van der Waals surface area contributed by atoms with Crippen molar-refractivity contribution in [1.82, 2.24) is 0 Å². The fourth-order valence-electron chi connectivity index (χ4n) is 1.91. The van der Waals surface area contributed by atoms with Crippen molar-refractivity contribution < 1.29 is 13.5 Å². The molecule has 1 atom stereocenters. The highest BCUT2D eigenvalue weighted by molar-refractivity contribution is 7.95. The summed E-state index contributed by atoms with van der Waals surface area (Å²) in [6.07, 6.45) is -1.50. The molecule has 2 rings (SSSR count). The zero-order valence-electron chi connectivity index (χ0n) is 11.3. The third-order valence-corrected chi connectivity index (χ3v) is 6.76. The van der Waals surface area contributed by atoms with Gasteiger partial charge < -0.3 is 5.11 Å². The molecule has 0 bridgehead atoms. The van der Waals surface area contributed by atoms with Crippen LogP contribution in [0.2, 0.25) is 5.02 Å². The first-order valence-corrected chi connectivity index (χ1v) is 8.97. The maximum Gasteiger partial charge on any atom is 0.225 e. The SMILES string of the molecule is O=S(=O)(c1ccccc1)C(Cl)(Cl)CC(O)c1ccc(Cl)cc1. The molecule has 0 fully saturated rings. The van der Waals surface area contributed by atoms with Crippen LogP contribution in [0.15, 0.2) is 59.5 Å². The third kappa shape index (κ3) is 3.76. The highest BCUT2D eigenvalue weighted by Crippen LogP contribution is 2.41. The molecule has 3 nitrogen and oxygen atoms in total. The summed E-state index contributed by atoms with van der Waals surface area (Å²) in [6, 6.07) is 14.0. The van der Waals surface area contributed by atoms with E-state index in [1.165, 1.54) is 12.1 Å². The smallest absolute Gasteiger partial charge is 0.225 e. The van der Waals surface area contributed by atoms with Gasteiger partial charge in [0, 0.05) is 11.4 Å². The van der Waals surface area contributed by atoms with E-state index in [1.54, 1.807) is 42.5 Å². The summed E-state index contributed by atoms with van der Waals surface area (Å²) in [5.74, 6) is 0. The molecule has 0 spiro atoms. The Hall–Kier alpha value is -0.780. The molecular weight excluding hydrogens is 367 g/mol. The van der Waals surface area contributed by atoms with E-state index in [2.05, 4.69) is 0 Å². The molecule has 118 valence electrons. The van der Waals surface area contributed by atoms with Crippen LogP contribution in [-0.2, 0) is 9.84 Å². The summed E-state index contributed by atoms with van der Waals surface area (Å²) in [5.41, 5.74) is 0.485. The molecule has 7 heteroatoms. The third-order valence-electron chi connectivity index (χ3n) is 3.13.